The molecular weight excluding hydrogens is 391 g/mol. The number of benzene rings is 2. The van der Waals surface area contributed by atoms with Gasteiger partial charge < -0.3 is 10.3 Å². The Morgan fingerprint density at radius 1 is 1.24 bits per heavy atom. The van der Waals surface area contributed by atoms with Crippen molar-refractivity contribution in [1.29, 1.82) is 0 Å². The third kappa shape index (κ3) is 4.10. The number of alkyl halides is 3. The lowest BCUT2D eigenvalue weighted by Crippen LogP contribution is -2.28. The van der Waals surface area contributed by atoms with E-state index in [2.05, 4.69) is 10.3 Å². The Bertz CT molecular complexity index is 1190. The van der Waals surface area contributed by atoms with E-state index < -0.39 is 44.6 Å². The van der Waals surface area contributed by atoms with Crippen molar-refractivity contribution < 1.29 is 22.9 Å². The van der Waals surface area contributed by atoms with E-state index in [1.165, 1.54) is 0 Å². The summed E-state index contributed by atoms with van der Waals surface area (Å²) in [5, 5.41) is 13.1. The number of aromatic nitrogens is 1. The number of H-pyrrole nitrogens is 1. The van der Waals surface area contributed by atoms with E-state index in [4.69, 9.17) is 0 Å². The van der Waals surface area contributed by atoms with Crippen LogP contribution >= 0.6 is 0 Å². The molecule has 0 atom stereocenters. The number of non-ortho nitro benzene ring substituents is 1. The average Bonchev–Trinajstić information content (AvgIpc) is 2.65. The minimum Gasteiger partial charge on any atom is -0.355 e. The summed E-state index contributed by atoms with van der Waals surface area (Å²) in [4.78, 5) is 37.5. The van der Waals surface area contributed by atoms with E-state index in [9.17, 15) is 32.9 Å². The molecule has 10 heteroatoms. The predicted molar refractivity (Wildman–Crippen MR) is 98.6 cm³/mol. The van der Waals surface area contributed by atoms with Gasteiger partial charge in [-0.05, 0) is 18.6 Å². The number of fused-ring (bicyclic) bond motifs is 1. The van der Waals surface area contributed by atoms with Crippen LogP contribution in [0.2, 0.25) is 0 Å². The van der Waals surface area contributed by atoms with Crippen LogP contribution in [0, 0.1) is 17.0 Å². The largest absolute Gasteiger partial charge is 0.416 e. The fourth-order valence-corrected chi connectivity index (χ4v) is 2.89. The number of pyridine rings is 1. The number of rotatable bonds is 4. The Balaban J connectivity index is 2.03. The molecule has 0 aliphatic heterocycles. The van der Waals surface area contributed by atoms with Crippen molar-refractivity contribution in [2.45, 2.75) is 19.6 Å². The fraction of sp³-hybridized carbons (Fsp3) is 0.158. The number of nitro benzene ring substituents is 1. The van der Waals surface area contributed by atoms with E-state index in [-0.39, 0.29) is 12.1 Å². The van der Waals surface area contributed by atoms with Gasteiger partial charge in [0.05, 0.1) is 15.9 Å². The highest BCUT2D eigenvalue weighted by molar-refractivity contribution is 5.98. The van der Waals surface area contributed by atoms with Gasteiger partial charge in [-0.2, -0.15) is 13.2 Å². The normalized spacial score (nSPS) is 11.4. The number of nitro groups is 1. The molecule has 0 fully saturated rings. The van der Waals surface area contributed by atoms with Crippen molar-refractivity contribution in [3.63, 3.8) is 0 Å². The lowest BCUT2D eigenvalue weighted by Gasteiger charge is -2.10. The molecule has 2 N–H and O–H groups in total. The number of carbonyl (C=O) groups is 1. The summed E-state index contributed by atoms with van der Waals surface area (Å²) in [7, 11) is 0. The van der Waals surface area contributed by atoms with Crippen molar-refractivity contribution >= 4 is 22.5 Å². The third-order valence-corrected chi connectivity index (χ3v) is 4.27. The SMILES string of the molecule is Cc1cccc(CNC(=O)c2c[nH]c3c([N+](=O)[O-])cc(C(F)(F)F)cc3c2=O)c1. The van der Waals surface area contributed by atoms with Gasteiger partial charge in [-0.25, -0.2) is 0 Å². The summed E-state index contributed by atoms with van der Waals surface area (Å²) < 4.78 is 39.2. The predicted octanol–water partition coefficient (Wildman–Crippen LogP) is 3.69. The maximum Gasteiger partial charge on any atom is 0.416 e. The molecular formula is C19H14F3N3O4. The lowest BCUT2D eigenvalue weighted by molar-refractivity contribution is -0.383. The first-order valence-corrected chi connectivity index (χ1v) is 8.32. The standard InChI is InChI=1S/C19H14F3N3O4/c1-10-3-2-4-11(5-10)8-24-18(27)14-9-23-16-13(17(14)26)6-12(19(20,21)22)7-15(16)25(28)29/h2-7,9H,8H2,1H3,(H,23,26)(H,24,27). The number of aryl methyl sites for hydroxylation is 1. The van der Waals surface area contributed by atoms with E-state index in [1.807, 2.05) is 19.1 Å². The fourth-order valence-electron chi connectivity index (χ4n) is 2.89. The molecule has 0 unspecified atom stereocenters. The van der Waals surface area contributed by atoms with Crippen molar-refractivity contribution in [2.75, 3.05) is 0 Å². The van der Waals surface area contributed by atoms with Gasteiger partial charge in [-0.1, -0.05) is 29.8 Å². The molecule has 0 spiro atoms. The Labute approximate surface area is 161 Å². The molecule has 3 rings (SSSR count). The highest BCUT2D eigenvalue weighted by atomic mass is 19.4. The van der Waals surface area contributed by atoms with Crippen LogP contribution in [-0.2, 0) is 12.7 Å². The van der Waals surface area contributed by atoms with Gasteiger partial charge in [0.25, 0.3) is 11.6 Å². The molecule has 0 bridgehead atoms. The molecule has 0 aliphatic rings. The Hall–Kier alpha value is -3.69. The molecule has 0 saturated heterocycles. The highest BCUT2D eigenvalue weighted by Gasteiger charge is 2.34. The number of carbonyl (C=O) groups excluding carboxylic acids is 1. The summed E-state index contributed by atoms with van der Waals surface area (Å²) in [5.41, 5.74) is -2.38. The van der Waals surface area contributed by atoms with Gasteiger partial charge in [0, 0.05) is 18.8 Å². The highest BCUT2D eigenvalue weighted by Crippen LogP contribution is 2.34. The van der Waals surface area contributed by atoms with Gasteiger partial charge in [0.1, 0.15) is 11.1 Å². The first-order chi connectivity index (χ1) is 13.6. The smallest absolute Gasteiger partial charge is 0.355 e. The topological polar surface area (TPSA) is 105 Å². The number of amides is 1. The van der Waals surface area contributed by atoms with E-state index in [0.29, 0.717) is 12.1 Å². The van der Waals surface area contributed by atoms with E-state index in [1.54, 1.807) is 12.1 Å². The second kappa shape index (κ2) is 7.38. The van der Waals surface area contributed by atoms with Crippen LogP contribution < -0.4 is 10.7 Å². The molecule has 3 aromatic rings. The molecule has 7 nitrogen and oxygen atoms in total. The summed E-state index contributed by atoms with van der Waals surface area (Å²) in [6.45, 7) is 1.96. The number of hydrogen-bond acceptors (Lipinski definition) is 4. The molecule has 1 heterocycles. The maximum absolute atomic E-state index is 13.1. The molecule has 0 saturated carbocycles. The Morgan fingerprint density at radius 2 is 1.97 bits per heavy atom. The van der Waals surface area contributed by atoms with Gasteiger partial charge in [0.2, 0.25) is 5.43 Å². The lowest BCUT2D eigenvalue weighted by atomic mass is 10.1. The molecule has 1 aromatic heterocycles. The van der Waals surface area contributed by atoms with Crippen molar-refractivity contribution in [3.05, 3.63) is 85.2 Å². The zero-order valence-electron chi connectivity index (χ0n) is 15.0. The van der Waals surface area contributed by atoms with Crippen LogP contribution in [0.1, 0.15) is 27.0 Å². The number of aromatic amines is 1. The maximum atomic E-state index is 13.1. The zero-order chi connectivity index (χ0) is 21.3. The molecule has 29 heavy (non-hydrogen) atoms. The summed E-state index contributed by atoms with van der Waals surface area (Å²) in [6, 6.07) is 8.08. The van der Waals surface area contributed by atoms with Crippen LogP contribution in [0.15, 0.2) is 47.4 Å². The first kappa shape index (κ1) is 20.1. The number of nitrogens with zero attached hydrogens (tertiary/aromatic N) is 1. The van der Waals surface area contributed by atoms with Crippen LogP contribution in [0.25, 0.3) is 10.9 Å². The second-order valence-corrected chi connectivity index (χ2v) is 6.38. The van der Waals surface area contributed by atoms with Crippen molar-refractivity contribution in [3.8, 4) is 0 Å². The minimum absolute atomic E-state index is 0.0979. The second-order valence-electron chi connectivity index (χ2n) is 6.38. The molecule has 150 valence electrons. The van der Waals surface area contributed by atoms with Crippen LogP contribution in [-0.4, -0.2) is 15.8 Å². The quantitative estimate of drug-likeness (QED) is 0.510. The Morgan fingerprint density at radius 3 is 2.59 bits per heavy atom. The third-order valence-electron chi connectivity index (χ3n) is 4.27. The van der Waals surface area contributed by atoms with Crippen LogP contribution in [0.3, 0.4) is 0 Å². The molecule has 2 aromatic carbocycles. The van der Waals surface area contributed by atoms with Crippen LogP contribution in [0.4, 0.5) is 18.9 Å². The average molecular weight is 405 g/mol. The zero-order valence-corrected chi connectivity index (χ0v) is 15.0. The molecule has 0 aliphatic carbocycles. The number of hydrogen-bond donors (Lipinski definition) is 2. The van der Waals surface area contributed by atoms with Gasteiger partial charge in [-0.3, -0.25) is 19.7 Å². The summed E-state index contributed by atoms with van der Waals surface area (Å²) in [5.74, 6) is -0.810. The summed E-state index contributed by atoms with van der Waals surface area (Å²) in [6.07, 6.45) is -3.94. The van der Waals surface area contributed by atoms with Gasteiger partial charge in [0.15, 0.2) is 0 Å². The monoisotopic (exact) mass is 405 g/mol. The van der Waals surface area contributed by atoms with Crippen LogP contribution in [0.5, 0.6) is 0 Å². The van der Waals surface area contributed by atoms with Crippen molar-refractivity contribution in [2.24, 2.45) is 0 Å². The Kier molecular flexibility index (Phi) is 5.10. The molecule has 1 amide bonds. The van der Waals surface area contributed by atoms with E-state index >= 15 is 0 Å². The minimum atomic E-state index is -4.89. The van der Waals surface area contributed by atoms with Gasteiger partial charge in [-0.15, -0.1) is 0 Å². The van der Waals surface area contributed by atoms with Crippen molar-refractivity contribution in [1.82, 2.24) is 10.3 Å². The van der Waals surface area contributed by atoms with E-state index in [0.717, 1.165) is 17.3 Å². The van der Waals surface area contributed by atoms with Gasteiger partial charge >= 0.3 is 6.18 Å². The number of nitrogens with one attached hydrogen (secondary N) is 2. The molecule has 0 radical (unpaired) electrons. The number of halogens is 3. The summed E-state index contributed by atoms with van der Waals surface area (Å²) >= 11 is 0. The first-order valence-electron chi connectivity index (χ1n) is 8.32.